The molecule has 1 saturated heterocycles. The molecule has 25 heavy (non-hydrogen) atoms. The van der Waals surface area contributed by atoms with Crippen molar-refractivity contribution in [3.63, 3.8) is 0 Å². The van der Waals surface area contributed by atoms with Crippen LogP contribution < -0.4 is 10.9 Å². The molecule has 0 spiro atoms. The summed E-state index contributed by atoms with van der Waals surface area (Å²) in [5, 5.41) is 2.68. The first-order valence-corrected chi connectivity index (χ1v) is 8.31. The highest BCUT2D eigenvalue weighted by Gasteiger charge is 2.26. The van der Waals surface area contributed by atoms with Gasteiger partial charge in [0.2, 0.25) is 5.91 Å². The molecule has 1 aromatic heterocycles. The highest BCUT2D eigenvalue weighted by atomic mass is 16.2. The molecule has 1 aliphatic rings. The van der Waals surface area contributed by atoms with E-state index in [9.17, 15) is 14.4 Å². The smallest absolute Gasteiger partial charge is 0.264 e. The molecule has 3 rings (SSSR count). The average Bonchev–Trinajstić information content (AvgIpc) is 2.62. The van der Waals surface area contributed by atoms with Crippen LogP contribution in [0, 0.1) is 6.92 Å². The van der Waals surface area contributed by atoms with Gasteiger partial charge in [0.15, 0.2) is 0 Å². The maximum Gasteiger partial charge on any atom is 0.264 e. The Morgan fingerprint density at radius 3 is 2.56 bits per heavy atom. The third-order valence-corrected chi connectivity index (χ3v) is 4.57. The van der Waals surface area contributed by atoms with E-state index in [1.54, 1.807) is 23.8 Å². The van der Waals surface area contributed by atoms with Crippen molar-refractivity contribution >= 4 is 11.8 Å². The third-order valence-electron chi connectivity index (χ3n) is 4.57. The average molecular weight is 339 g/mol. The molecule has 2 amide bonds. The lowest BCUT2D eigenvalue weighted by atomic mass is 10.1. The second-order valence-corrected chi connectivity index (χ2v) is 6.25. The van der Waals surface area contributed by atoms with E-state index in [0.717, 1.165) is 5.56 Å². The lowest BCUT2D eigenvalue weighted by Gasteiger charge is -2.27. The second-order valence-electron chi connectivity index (χ2n) is 6.25. The van der Waals surface area contributed by atoms with Crippen LogP contribution in [0.15, 0.2) is 47.4 Å². The third kappa shape index (κ3) is 3.33. The fraction of sp³-hybridized carbons (Fsp3) is 0.316. The van der Waals surface area contributed by atoms with E-state index in [1.807, 2.05) is 37.3 Å². The molecule has 0 aliphatic carbocycles. The van der Waals surface area contributed by atoms with E-state index < -0.39 is 0 Å². The topological polar surface area (TPSA) is 71.4 Å². The van der Waals surface area contributed by atoms with Gasteiger partial charge in [0.05, 0.1) is 12.6 Å². The maximum atomic E-state index is 13.0. The number of nitrogens with one attached hydrogen (secondary N) is 1. The van der Waals surface area contributed by atoms with Crippen molar-refractivity contribution in [2.24, 2.45) is 0 Å². The number of benzene rings is 1. The fourth-order valence-electron chi connectivity index (χ4n) is 3.07. The minimum absolute atomic E-state index is 0.0130. The normalized spacial score (nSPS) is 15.6. The molecule has 2 aromatic rings. The number of carbonyl (C=O) groups is 2. The van der Waals surface area contributed by atoms with E-state index in [2.05, 4.69) is 5.32 Å². The Hall–Kier alpha value is -2.89. The van der Waals surface area contributed by atoms with Crippen LogP contribution in [0.25, 0.3) is 0 Å². The van der Waals surface area contributed by atoms with Crippen LogP contribution in [0.1, 0.15) is 34.5 Å². The van der Waals surface area contributed by atoms with Crippen LogP contribution in [0.2, 0.25) is 0 Å². The molecule has 2 heterocycles. The molecular formula is C19H21N3O3. The zero-order chi connectivity index (χ0) is 18.0. The summed E-state index contributed by atoms with van der Waals surface area (Å²) < 4.78 is 1.57. The van der Waals surface area contributed by atoms with E-state index in [0.29, 0.717) is 18.7 Å². The number of aryl methyl sites for hydroxylation is 1. The first-order valence-electron chi connectivity index (χ1n) is 8.31. The molecule has 1 aliphatic heterocycles. The highest BCUT2D eigenvalue weighted by molar-refractivity contribution is 5.97. The van der Waals surface area contributed by atoms with Gasteiger partial charge in [0.25, 0.3) is 11.5 Å². The van der Waals surface area contributed by atoms with E-state index in [1.165, 1.54) is 4.90 Å². The summed E-state index contributed by atoms with van der Waals surface area (Å²) in [4.78, 5) is 38.8. The first kappa shape index (κ1) is 17.0. The number of pyridine rings is 1. The van der Waals surface area contributed by atoms with Gasteiger partial charge >= 0.3 is 0 Å². The maximum absolute atomic E-state index is 13.0. The Morgan fingerprint density at radius 2 is 1.88 bits per heavy atom. The predicted molar refractivity (Wildman–Crippen MR) is 94.6 cm³/mol. The minimum atomic E-state index is -0.382. The van der Waals surface area contributed by atoms with E-state index in [4.69, 9.17) is 0 Å². The van der Waals surface area contributed by atoms with E-state index >= 15 is 0 Å². The van der Waals surface area contributed by atoms with Gasteiger partial charge in [-0.1, -0.05) is 30.3 Å². The second kappa shape index (κ2) is 6.93. The summed E-state index contributed by atoms with van der Waals surface area (Å²) in [6.45, 7) is 4.48. The van der Waals surface area contributed by atoms with Crippen molar-refractivity contribution in [1.82, 2.24) is 14.8 Å². The van der Waals surface area contributed by atoms with Gasteiger partial charge in [-0.2, -0.15) is 0 Å². The van der Waals surface area contributed by atoms with Gasteiger partial charge in [-0.15, -0.1) is 0 Å². The number of aromatic nitrogens is 1. The van der Waals surface area contributed by atoms with Crippen LogP contribution in [0.5, 0.6) is 0 Å². The lowest BCUT2D eigenvalue weighted by molar-refractivity contribution is -0.123. The molecule has 1 N–H and O–H groups in total. The fourth-order valence-corrected chi connectivity index (χ4v) is 3.07. The molecule has 1 atom stereocenters. The molecule has 0 bridgehead atoms. The molecule has 1 unspecified atom stereocenters. The van der Waals surface area contributed by atoms with Crippen LogP contribution in [0.4, 0.5) is 0 Å². The number of amides is 2. The van der Waals surface area contributed by atoms with Crippen LogP contribution in [0.3, 0.4) is 0 Å². The minimum Gasteiger partial charge on any atom is -0.353 e. The summed E-state index contributed by atoms with van der Waals surface area (Å²) in [6.07, 6.45) is 1.72. The number of rotatable bonds is 3. The standard InChI is InChI=1S/C19H21N3O3/c1-13-8-10-22(14(2)15-6-4-3-5-7-15)19(25)17(13)18(24)21-11-9-20-16(23)12-21/h3-8,10,14H,9,11-12H2,1-2H3,(H,20,23). The Morgan fingerprint density at radius 1 is 1.16 bits per heavy atom. The summed E-state index contributed by atoms with van der Waals surface area (Å²) in [7, 11) is 0. The molecule has 6 heteroatoms. The molecule has 0 radical (unpaired) electrons. The van der Waals surface area contributed by atoms with Crippen LogP contribution >= 0.6 is 0 Å². The highest BCUT2D eigenvalue weighted by Crippen LogP contribution is 2.17. The van der Waals surface area contributed by atoms with Gasteiger partial charge < -0.3 is 14.8 Å². The van der Waals surface area contributed by atoms with Crippen molar-refractivity contribution in [3.8, 4) is 0 Å². The zero-order valence-corrected chi connectivity index (χ0v) is 14.4. The molecule has 1 aromatic carbocycles. The SMILES string of the molecule is Cc1ccn(C(C)c2ccccc2)c(=O)c1C(=O)N1CCNC(=O)C1. The Labute approximate surface area is 146 Å². The van der Waals surface area contributed by atoms with Gasteiger partial charge in [0.1, 0.15) is 5.56 Å². The lowest BCUT2D eigenvalue weighted by Crippen LogP contribution is -2.51. The number of nitrogens with zero attached hydrogens (tertiary/aromatic N) is 2. The largest absolute Gasteiger partial charge is 0.353 e. The van der Waals surface area contributed by atoms with Crippen molar-refractivity contribution in [2.45, 2.75) is 19.9 Å². The number of hydrogen-bond donors (Lipinski definition) is 1. The molecule has 6 nitrogen and oxygen atoms in total. The monoisotopic (exact) mass is 339 g/mol. The van der Waals surface area contributed by atoms with E-state index in [-0.39, 0.29) is 35.5 Å². The number of piperazine rings is 1. The van der Waals surface area contributed by atoms with Crippen molar-refractivity contribution < 1.29 is 9.59 Å². The van der Waals surface area contributed by atoms with Crippen LogP contribution in [-0.2, 0) is 4.79 Å². The molecule has 130 valence electrons. The molecule has 1 fully saturated rings. The Kier molecular flexibility index (Phi) is 4.70. The van der Waals surface area contributed by atoms with Gasteiger partial charge in [0, 0.05) is 19.3 Å². The molecule has 0 saturated carbocycles. The predicted octanol–water partition coefficient (Wildman–Crippen LogP) is 1.34. The van der Waals surface area contributed by atoms with Gasteiger partial charge in [-0.25, -0.2) is 0 Å². The van der Waals surface area contributed by atoms with Gasteiger partial charge in [-0.05, 0) is 31.0 Å². The van der Waals surface area contributed by atoms with Crippen molar-refractivity contribution in [2.75, 3.05) is 19.6 Å². The zero-order valence-electron chi connectivity index (χ0n) is 14.4. The summed E-state index contributed by atoms with van der Waals surface area (Å²) in [6, 6.07) is 11.3. The quantitative estimate of drug-likeness (QED) is 0.917. The number of carbonyl (C=O) groups excluding carboxylic acids is 2. The van der Waals surface area contributed by atoms with Crippen molar-refractivity contribution in [3.05, 3.63) is 69.6 Å². The summed E-state index contributed by atoms with van der Waals surface area (Å²) in [5.74, 6) is -0.585. The Bertz CT molecular complexity index is 858. The first-order chi connectivity index (χ1) is 12.0. The van der Waals surface area contributed by atoms with Crippen molar-refractivity contribution in [1.29, 1.82) is 0 Å². The summed E-state index contributed by atoms with van der Waals surface area (Å²) >= 11 is 0. The number of hydrogen-bond acceptors (Lipinski definition) is 3. The summed E-state index contributed by atoms with van der Waals surface area (Å²) in [5.41, 5.74) is 1.43. The molecular weight excluding hydrogens is 318 g/mol. The Balaban J connectivity index is 1.99. The van der Waals surface area contributed by atoms with Gasteiger partial charge in [-0.3, -0.25) is 14.4 Å². The van der Waals surface area contributed by atoms with Crippen LogP contribution in [-0.4, -0.2) is 40.9 Å².